The number of hydrogen-bond donors (Lipinski definition) is 1. The molecule has 0 fully saturated rings. The highest BCUT2D eigenvalue weighted by atomic mass is 32.2. The minimum Gasteiger partial charge on any atom is -0.374 e. The van der Waals surface area contributed by atoms with Crippen molar-refractivity contribution >= 4 is 27.4 Å². The molecule has 0 aromatic rings. The van der Waals surface area contributed by atoms with Crippen molar-refractivity contribution in [2.45, 2.75) is 24.9 Å². The van der Waals surface area contributed by atoms with Crippen LogP contribution in [0.15, 0.2) is 0 Å². The fourth-order valence-electron chi connectivity index (χ4n) is 0.934. The summed E-state index contributed by atoms with van der Waals surface area (Å²) >= 11 is 4.37. The fraction of sp³-hybridized carbons (Fsp3) is 0.857. The van der Waals surface area contributed by atoms with Crippen molar-refractivity contribution in [1.82, 2.24) is 5.06 Å². The lowest BCUT2D eigenvalue weighted by Gasteiger charge is -2.22. The van der Waals surface area contributed by atoms with Gasteiger partial charge in [0.25, 0.3) is 10.1 Å². The molecular formula is C7H11F5N2O3S2. The smallest absolute Gasteiger partial charge is 0.374 e. The van der Waals surface area contributed by atoms with Crippen LogP contribution in [-0.4, -0.2) is 43.5 Å². The minimum atomic E-state index is -5.67. The predicted molar refractivity (Wildman–Crippen MR) is 59.7 cm³/mol. The van der Waals surface area contributed by atoms with Gasteiger partial charge in [-0.1, -0.05) is 0 Å². The largest absolute Gasteiger partial charge is 0.453 e. The molecule has 0 aromatic heterocycles. The number of nitrogens with zero attached hydrogens (tertiary/aromatic N) is 1. The number of halogens is 5. The van der Waals surface area contributed by atoms with E-state index in [1.807, 2.05) is 0 Å². The molecule has 0 aliphatic heterocycles. The monoisotopic (exact) mass is 330 g/mol. The molecule has 0 spiro atoms. The maximum atomic E-state index is 12.6. The summed E-state index contributed by atoms with van der Waals surface area (Å²) in [5.41, 5.74) is 5.04. The summed E-state index contributed by atoms with van der Waals surface area (Å²) < 4.78 is 86.4. The molecule has 0 atom stereocenters. The SMILES string of the molecule is CS(=O)(=O)ON(CCCC(F)(F)C(F)(F)F)C(N)=S. The number of rotatable bonds is 6. The molecule has 0 unspecified atom stereocenters. The lowest BCUT2D eigenvalue weighted by atomic mass is 10.2. The molecule has 0 amide bonds. The minimum absolute atomic E-state index is 0.358. The number of hydrogen-bond acceptors (Lipinski definition) is 4. The number of alkyl halides is 5. The van der Waals surface area contributed by atoms with Crippen molar-refractivity contribution in [3.63, 3.8) is 0 Å². The highest BCUT2D eigenvalue weighted by Gasteiger charge is 2.56. The van der Waals surface area contributed by atoms with Crippen molar-refractivity contribution in [2.75, 3.05) is 12.8 Å². The molecule has 0 radical (unpaired) electrons. The van der Waals surface area contributed by atoms with Crippen LogP contribution in [0.25, 0.3) is 0 Å². The molecule has 0 bridgehead atoms. The summed E-state index contributed by atoms with van der Waals surface area (Å²) in [7, 11) is -4.01. The third-order valence-electron chi connectivity index (χ3n) is 1.74. The Labute approximate surface area is 111 Å². The molecule has 0 heterocycles. The fourth-order valence-corrected chi connectivity index (χ4v) is 1.59. The Morgan fingerprint density at radius 2 is 1.79 bits per heavy atom. The second-order valence-electron chi connectivity index (χ2n) is 3.52. The van der Waals surface area contributed by atoms with Gasteiger partial charge >= 0.3 is 12.1 Å². The maximum Gasteiger partial charge on any atom is 0.453 e. The van der Waals surface area contributed by atoms with E-state index in [1.165, 1.54) is 0 Å². The van der Waals surface area contributed by atoms with Crippen molar-refractivity contribution in [3.8, 4) is 0 Å². The van der Waals surface area contributed by atoms with Crippen molar-refractivity contribution in [2.24, 2.45) is 5.73 Å². The molecule has 0 rings (SSSR count). The molecule has 0 aliphatic rings. The first kappa shape index (κ1) is 18.2. The zero-order valence-electron chi connectivity index (χ0n) is 9.58. The summed E-state index contributed by atoms with van der Waals surface area (Å²) in [6.07, 6.45) is -7.29. The summed E-state index contributed by atoms with van der Waals surface area (Å²) in [6.45, 7) is -0.617. The quantitative estimate of drug-likeness (QED) is 0.451. The third kappa shape index (κ3) is 6.82. The van der Waals surface area contributed by atoms with E-state index in [0.29, 0.717) is 11.3 Å². The molecule has 0 aliphatic carbocycles. The third-order valence-corrected chi connectivity index (χ3v) is 2.39. The van der Waals surface area contributed by atoms with E-state index in [1.54, 1.807) is 0 Å². The van der Waals surface area contributed by atoms with E-state index in [9.17, 15) is 30.4 Å². The Bertz CT molecular complexity index is 423. The van der Waals surface area contributed by atoms with E-state index in [2.05, 4.69) is 16.5 Å². The standard InChI is InChI=1S/C7H11F5N2O3S2/c1-19(15,16)17-14(5(13)18)4-2-3-6(8,9)7(10,11)12/h2-4H2,1H3,(H2,13,18). The van der Waals surface area contributed by atoms with Gasteiger partial charge in [0.2, 0.25) is 0 Å². The molecule has 114 valence electrons. The average molecular weight is 330 g/mol. The molecular weight excluding hydrogens is 319 g/mol. The second kappa shape index (κ2) is 6.13. The topological polar surface area (TPSA) is 72.6 Å². The van der Waals surface area contributed by atoms with Crippen LogP contribution >= 0.6 is 12.2 Å². The van der Waals surface area contributed by atoms with Gasteiger partial charge in [-0.3, -0.25) is 0 Å². The van der Waals surface area contributed by atoms with Crippen LogP contribution < -0.4 is 5.73 Å². The Morgan fingerprint density at radius 3 is 2.11 bits per heavy atom. The lowest BCUT2D eigenvalue weighted by molar-refractivity contribution is -0.284. The number of nitrogens with two attached hydrogens (primary N) is 1. The lowest BCUT2D eigenvalue weighted by Crippen LogP contribution is -2.40. The van der Waals surface area contributed by atoms with Gasteiger partial charge in [0.05, 0.1) is 6.26 Å². The Morgan fingerprint density at radius 1 is 1.32 bits per heavy atom. The van der Waals surface area contributed by atoms with Gasteiger partial charge < -0.3 is 5.73 Å². The number of hydroxylamine groups is 2. The van der Waals surface area contributed by atoms with Crippen LogP contribution in [0.3, 0.4) is 0 Å². The highest BCUT2D eigenvalue weighted by molar-refractivity contribution is 7.86. The molecule has 0 aromatic carbocycles. The van der Waals surface area contributed by atoms with Gasteiger partial charge in [-0.2, -0.15) is 30.4 Å². The van der Waals surface area contributed by atoms with Gasteiger partial charge in [0, 0.05) is 13.0 Å². The maximum absolute atomic E-state index is 12.6. The Hall–Kier alpha value is -0.750. The second-order valence-corrected chi connectivity index (χ2v) is 5.50. The number of thiocarbonyl (C=S) groups is 1. The summed E-state index contributed by atoms with van der Waals surface area (Å²) in [5.74, 6) is -4.88. The van der Waals surface area contributed by atoms with E-state index < -0.39 is 46.7 Å². The van der Waals surface area contributed by atoms with Gasteiger partial charge in [-0.25, -0.2) is 5.06 Å². The van der Waals surface area contributed by atoms with Crippen LogP contribution in [0.1, 0.15) is 12.8 Å². The van der Waals surface area contributed by atoms with Gasteiger partial charge in [0.1, 0.15) is 0 Å². The van der Waals surface area contributed by atoms with Gasteiger partial charge in [0.15, 0.2) is 5.11 Å². The van der Waals surface area contributed by atoms with Crippen molar-refractivity contribution < 1.29 is 34.7 Å². The van der Waals surface area contributed by atoms with Crippen LogP contribution in [0.2, 0.25) is 0 Å². The predicted octanol–water partition coefficient (Wildman–Crippen LogP) is 1.40. The Balaban J connectivity index is 4.49. The first-order chi connectivity index (χ1) is 8.26. The summed E-state index contributed by atoms with van der Waals surface area (Å²) in [4.78, 5) is 0. The van der Waals surface area contributed by atoms with Crippen molar-refractivity contribution in [3.05, 3.63) is 0 Å². The molecule has 0 saturated carbocycles. The molecule has 19 heavy (non-hydrogen) atoms. The zero-order chi connectivity index (χ0) is 15.5. The molecule has 5 nitrogen and oxygen atoms in total. The van der Waals surface area contributed by atoms with Crippen LogP contribution in [0.5, 0.6) is 0 Å². The molecule has 12 heteroatoms. The first-order valence-electron chi connectivity index (χ1n) is 4.67. The first-order valence-corrected chi connectivity index (χ1v) is 6.90. The summed E-state index contributed by atoms with van der Waals surface area (Å²) in [5, 5.41) is -0.238. The van der Waals surface area contributed by atoms with E-state index in [4.69, 9.17) is 5.73 Å². The van der Waals surface area contributed by atoms with Gasteiger partial charge in [-0.15, -0.1) is 4.28 Å². The van der Waals surface area contributed by atoms with Crippen LogP contribution in [0, 0.1) is 0 Å². The van der Waals surface area contributed by atoms with Crippen LogP contribution in [0.4, 0.5) is 22.0 Å². The zero-order valence-corrected chi connectivity index (χ0v) is 11.2. The molecule has 0 saturated heterocycles. The highest BCUT2D eigenvalue weighted by Crippen LogP contribution is 2.38. The summed E-state index contributed by atoms with van der Waals surface area (Å²) in [6, 6.07) is 0. The van der Waals surface area contributed by atoms with Crippen LogP contribution in [-0.2, 0) is 14.4 Å². The van der Waals surface area contributed by atoms with E-state index in [0.717, 1.165) is 0 Å². The van der Waals surface area contributed by atoms with E-state index in [-0.39, 0.29) is 0 Å². The Kier molecular flexibility index (Phi) is 5.89. The molecule has 2 N–H and O–H groups in total. The van der Waals surface area contributed by atoms with E-state index >= 15 is 0 Å². The van der Waals surface area contributed by atoms with Crippen molar-refractivity contribution in [1.29, 1.82) is 0 Å². The average Bonchev–Trinajstić information content (AvgIpc) is 2.11. The normalized spacial score (nSPS) is 13.4. The van der Waals surface area contributed by atoms with Gasteiger partial charge in [-0.05, 0) is 18.6 Å².